The van der Waals surface area contributed by atoms with Crippen molar-refractivity contribution in [2.75, 3.05) is 13.2 Å². The second-order valence-electron chi connectivity index (χ2n) is 4.14. The normalized spacial score (nSPS) is 11.9. The molecule has 0 spiro atoms. The molecule has 0 aliphatic carbocycles. The summed E-state index contributed by atoms with van der Waals surface area (Å²) < 4.78 is 70.2. The van der Waals surface area contributed by atoms with E-state index in [1.54, 1.807) is 0 Å². The highest BCUT2D eigenvalue weighted by molar-refractivity contribution is 14.1. The Balaban J connectivity index is 2.68. The van der Waals surface area contributed by atoms with Gasteiger partial charge in [0.1, 0.15) is 11.3 Å². The lowest BCUT2D eigenvalue weighted by atomic mass is 10.2. The standard InChI is InChI=1S/C12H10F3INO6S/c1-7(18)23-10-6-8(16)2-3-9(10)11(19)22-5-4-17-24(20,21)12(13,14)15/h2-3,6H,4-5H2,1H3/q-1. The Morgan fingerprint density at radius 3 is 2.46 bits per heavy atom. The van der Waals surface area contributed by atoms with E-state index >= 15 is 0 Å². The SMILES string of the molecule is CC(=O)Oc1cc(I)ccc1C(=O)OCC[N-]S(=O)(=O)C(F)(F)F. The predicted octanol–water partition coefficient (Wildman–Crippen LogP) is 2.60. The summed E-state index contributed by atoms with van der Waals surface area (Å²) in [6.07, 6.45) is 0. The summed E-state index contributed by atoms with van der Waals surface area (Å²) in [7, 11) is -5.63. The zero-order chi connectivity index (χ0) is 18.5. The van der Waals surface area contributed by atoms with Gasteiger partial charge >= 0.3 is 17.4 Å². The predicted molar refractivity (Wildman–Crippen MR) is 84.0 cm³/mol. The molecule has 1 aromatic rings. The van der Waals surface area contributed by atoms with Crippen LogP contribution in [0.15, 0.2) is 18.2 Å². The third-order valence-electron chi connectivity index (χ3n) is 2.30. The van der Waals surface area contributed by atoms with Crippen LogP contribution in [0.2, 0.25) is 0 Å². The Morgan fingerprint density at radius 1 is 1.29 bits per heavy atom. The van der Waals surface area contributed by atoms with E-state index in [0.717, 1.165) is 6.92 Å². The molecule has 7 nitrogen and oxygen atoms in total. The lowest BCUT2D eigenvalue weighted by Crippen LogP contribution is -2.23. The second kappa shape index (κ2) is 8.11. The highest BCUT2D eigenvalue weighted by Gasteiger charge is 2.38. The summed E-state index contributed by atoms with van der Waals surface area (Å²) >= 11 is 1.91. The molecule has 0 amide bonds. The van der Waals surface area contributed by atoms with E-state index in [4.69, 9.17) is 4.74 Å². The first-order valence-corrected chi connectivity index (χ1v) is 8.61. The number of carbonyl (C=O) groups is 2. The van der Waals surface area contributed by atoms with Crippen molar-refractivity contribution in [3.05, 3.63) is 32.1 Å². The average molecular weight is 480 g/mol. The Morgan fingerprint density at radius 2 is 1.92 bits per heavy atom. The van der Waals surface area contributed by atoms with Crippen LogP contribution in [-0.4, -0.2) is 39.0 Å². The van der Waals surface area contributed by atoms with Crippen molar-refractivity contribution >= 4 is 44.6 Å². The molecule has 1 aromatic carbocycles. The van der Waals surface area contributed by atoms with Gasteiger partial charge in [0.25, 0.3) is 0 Å². The van der Waals surface area contributed by atoms with Gasteiger partial charge in [0.05, 0.1) is 6.61 Å². The van der Waals surface area contributed by atoms with Crippen LogP contribution in [0, 0.1) is 3.57 Å². The molecule has 0 unspecified atom stereocenters. The summed E-state index contributed by atoms with van der Waals surface area (Å²) in [5.41, 5.74) is -5.64. The van der Waals surface area contributed by atoms with Gasteiger partial charge in [-0.1, -0.05) is 0 Å². The molecule has 0 saturated heterocycles. The van der Waals surface area contributed by atoms with Gasteiger partial charge in [-0.05, 0) is 40.8 Å². The lowest BCUT2D eigenvalue weighted by molar-refractivity contribution is -0.131. The van der Waals surface area contributed by atoms with Gasteiger partial charge in [-0.25, -0.2) is 13.2 Å². The number of esters is 2. The maximum atomic E-state index is 12.1. The molecule has 0 aromatic heterocycles. The first-order chi connectivity index (χ1) is 10.9. The van der Waals surface area contributed by atoms with Crippen LogP contribution in [0.3, 0.4) is 0 Å². The Kier molecular flexibility index (Phi) is 6.97. The largest absolute Gasteiger partial charge is 0.538 e. The number of carbonyl (C=O) groups excluding carboxylic acids is 2. The summed E-state index contributed by atoms with van der Waals surface area (Å²) in [6, 6.07) is 4.20. The fourth-order valence-corrected chi connectivity index (χ4v) is 2.27. The number of ether oxygens (including phenoxy) is 2. The van der Waals surface area contributed by atoms with Gasteiger partial charge in [0.2, 0.25) is 0 Å². The van der Waals surface area contributed by atoms with Crippen LogP contribution in [0.4, 0.5) is 13.2 Å². The fraction of sp³-hybridized carbons (Fsp3) is 0.333. The Bertz CT molecular complexity index is 735. The molecule has 0 fully saturated rings. The van der Waals surface area contributed by atoms with Crippen molar-refractivity contribution in [3.8, 4) is 5.75 Å². The van der Waals surface area contributed by atoms with Crippen LogP contribution in [0.1, 0.15) is 17.3 Å². The minimum Gasteiger partial charge on any atom is -0.538 e. The molecule has 0 heterocycles. The Labute approximate surface area is 148 Å². The topological polar surface area (TPSA) is 101 Å². The minimum atomic E-state index is -5.63. The van der Waals surface area contributed by atoms with E-state index in [1.165, 1.54) is 18.2 Å². The number of hydrogen-bond donors (Lipinski definition) is 0. The summed E-state index contributed by atoms with van der Waals surface area (Å²) in [4.78, 5) is 22.8. The highest BCUT2D eigenvalue weighted by Crippen LogP contribution is 2.27. The van der Waals surface area contributed by atoms with Crippen molar-refractivity contribution in [1.82, 2.24) is 0 Å². The number of halogens is 4. The van der Waals surface area contributed by atoms with Gasteiger partial charge in [-0.2, -0.15) is 13.2 Å². The van der Waals surface area contributed by atoms with Gasteiger partial charge in [0, 0.05) is 10.5 Å². The number of benzene rings is 1. The number of rotatable bonds is 6. The monoisotopic (exact) mass is 480 g/mol. The minimum absolute atomic E-state index is 0.0840. The molecular weight excluding hydrogens is 470 g/mol. The van der Waals surface area contributed by atoms with Gasteiger partial charge < -0.3 is 14.2 Å². The molecule has 12 heteroatoms. The third kappa shape index (κ3) is 5.90. The van der Waals surface area contributed by atoms with Gasteiger partial charge in [-0.15, -0.1) is 6.54 Å². The molecule has 0 saturated carbocycles. The number of hydrogen-bond acceptors (Lipinski definition) is 6. The lowest BCUT2D eigenvalue weighted by Gasteiger charge is -2.21. The quantitative estimate of drug-likeness (QED) is 0.269. The third-order valence-corrected chi connectivity index (χ3v) is 4.07. The molecule has 0 aliphatic heterocycles. The average Bonchev–Trinajstić information content (AvgIpc) is 2.41. The number of nitrogens with zero attached hydrogens (tertiary/aromatic N) is 1. The zero-order valence-electron chi connectivity index (χ0n) is 12.0. The molecule has 134 valence electrons. The molecule has 0 bridgehead atoms. The van der Waals surface area contributed by atoms with E-state index in [0.29, 0.717) is 3.57 Å². The molecule has 24 heavy (non-hydrogen) atoms. The first-order valence-electron chi connectivity index (χ1n) is 6.09. The maximum Gasteiger partial charge on any atom is 0.480 e. The number of alkyl halides is 3. The molecule has 0 N–H and O–H groups in total. The van der Waals surface area contributed by atoms with E-state index in [1.807, 2.05) is 22.6 Å². The van der Waals surface area contributed by atoms with Crippen LogP contribution >= 0.6 is 22.6 Å². The van der Waals surface area contributed by atoms with Crippen LogP contribution in [-0.2, 0) is 19.6 Å². The molecular formula is C12H10F3INO6S-. The van der Waals surface area contributed by atoms with Crippen molar-refractivity contribution < 1.29 is 40.7 Å². The smallest absolute Gasteiger partial charge is 0.480 e. The zero-order valence-corrected chi connectivity index (χ0v) is 14.9. The van der Waals surface area contributed by atoms with Crippen LogP contribution < -0.4 is 4.74 Å². The summed E-state index contributed by atoms with van der Waals surface area (Å²) in [5.74, 6) is -1.76. The van der Waals surface area contributed by atoms with E-state index in [-0.39, 0.29) is 11.3 Å². The Hall–Kier alpha value is -1.41. The maximum absolute atomic E-state index is 12.1. The summed E-state index contributed by atoms with van der Waals surface area (Å²) in [5, 5.41) is 0. The highest BCUT2D eigenvalue weighted by atomic mass is 127. The molecule has 1 rings (SSSR count). The first kappa shape index (κ1) is 20.6. The molecule has 0 radical (unpaired) electrons. The number of sulfonamides is 1. The molecule has 0 aliphatic rings. The fourth-order valence-electron chi connectivity index (χ4n) is 1.35. The van der Waals surface area contributed by atoms with E-state index in [9.17, 15) is 31.2 Å². The van der Waals surface area contributed by atoms with Crippen molar-refractivity contribution in [2.24, 2.45) is 0 Å². The summed E-state index contributed by atoms with van der Waals surface area (Å²) in [6.45, 7) is -0.462. The second-order valence-corrected chi connectivity index (χ2v) is 7.06. The van der Waals surface area contributed by atoms with Gasteiger partial charge in [-0.3, -0.25) is 4.79 Å². The van der Waals surface area contributed by atoms with Crippen molar-refractivity contribution in [1.29, 1.82) is 0 Å². The van der Waals surface area contributed by atoms with E-state index in [2.05, 4.69) is 9.46 Å². The van der Waals surface area contributed by atoms with Gasteiger partial charge in [0.15, 0.2) is 10.0 Å². The van der Waals surface area contributed by atoms with Crippen molar-refractivity contribution in [3.63, 3.8) is 0 Å². The molecule has 0 atom stereocenters. The van der Waals surface area contributed by atoms with Crippen LogP contribution in [0.25, 0.3) is 4.72 Å². The van der Waals surface area contributed by atoms with E-state index < -0.39 is 40.6 Å². The van der Waals surface area contributed by atoms with Crippen LogP contribution in [0.5, 0.6) is 5.75 Å². The van der Waals surface area contributed by atoms with Crippen molar-refractivity contribution in [2.45, 2.75) is 12.4 Å².